The van der Waals surface area contributed by atoms with Gasteiger partial charge in [0.2, 0.25) is 0 Å². The van der Waals surface area contributed by atoms with E-state index >= 15 is 0 Å². The zero-order valence-corrected chi connectivity index (χ0v) is 19.2. The molecular weight excluding hydrogens is 464 g/mol. The Morgan fingerprint density at radius 1 is 1.09 bits per heavy atom. The van der Waals surface area contributed by atoms with Crippen molar-refractivity contribution in [1.29, 1.82) is 0 Å². The van der Waals surface area contributed by atoms with Crippen LogP contribution < -0.4 is 10.2 Å². The highest BCUT2D eigenvalue weighted by molar-refractivity contribution is 6.31. The Bertz CT molecular complexity index is 1240. The van der Waals surface area contributed by atoms with Gasteiger partial charge in [-0.05, 0) is 48.9 Å². The van der Waals surface area contributed by atoms with Crippen LogP contribution in [-0.2, 0) is 13.1 Å². The van der Waals surface area contributed by atoms with Crippen LogP contribution in [0.4, 0.5) is 19.3 Å². The molecule has 1 aliphatic heterocycles. The first-order valence-corrected chi connectivity index (χ1v) is 10.9. The molecule has 3 aromatic rings. The lowest BCUT2D eigenvalue weighted by molar-refractivity contribution is 0.0950. The number of nitrogens with zero attached hydrogens (tertiary/aromatic N) is 2. The quantitative estimate of drug-likeness (QED) is 0.509. The average molecular weight is 486 g/mol. The molecule has 0 saturated heterocycles. The predicted molar refractivity (Wildman–Crippen MR) is 125 cm³/mol. The van der Waals surface area contributed by atoms with Gasteiger partial charge in [0.05, 0.1) is 18.3 Å². The van der Waals surface area contributed by atoms with Crippen LogP contribution in [0, 0.1) is 11.6 Å². The predicted octanol–water partition coefficient (Wildman–Crippen LogP) is 5.39. The minimum absolute atomic E-state index is 0.0324. The number of nitrogens with one attached hydrogen (secondary N) is 1. The van der Waals surface area contributed by atoms with Crippen molar-refractivity contribution < 1.29 is 23.5 Å². The topological polar surface area (TPSA) is 72.9 Å². The minimum Gasteiger partial charge on any atom is -0.507 e. The molecule has 176 valence electrons. The molecule has 3 amide bonds. The molecule has 34 heavy (non-hydrogen) atoms. The molecule has 1 heterocycles. The molecule has 0 aliphatic carbocycles. The smallest absolute Gasteiger partial charge is 0.325 e. The second-order valence-corrected chi connectivity index (χ2v) is 8.46. The number of aromatic hydroxyl groups is 1. The van der Waals surface area contributed by atoms with Gasteiger partial charge in [-0.1, -0.05) is 29.8 Å². The molecule has 2 N–H and O–H groups in total. The van der Waals surface area contributed by atoms with Crippen molar-refractivity contribution in [3.8, 4) is 5.75 Å². The standard InChI is InChI=1S/C25H22ClF2N3O3/c1-14-16-10-9-15(24(33)29-12-17-20(27)7-4-8-23(17)32)11-22(16)31(25(34)30(14)2)13-18-19(26)5-3-6-21(18)28/h3-11,14,32H,12-13H2,1-2H3,(H,29,33). The van der Waals surface area contributed by atoms with Gasteiger partial charge in [0.1, 0.15) is 17.4 Å². The van der Waals surface area contributed by atoms with Crippen LogP contribution in [0.2, 0.25) is 5.02 Å². The molecular formula is C25H22ClF2N3O3. The van der Waals surface area contributed by atoms with E-state index in [4.69, 9.17) is 11.6 Å². The number of benzene rings is 3. The fourth-order valence-corrected chi connectivity index (χ4v) is 4.15. The van der Waals surface area contributed by atoms with Gasteiger partial charge < -0.3 is 15.3 Å². The number of carbonyl (C=O) groups excluding carboxylic acids is 2. The molecule has 0 radical (unpaired) electrons. The first-order valence-electron chi connectivity index (χ1n) is 10.5. The number of hydrogen-bond donors (Lipinski definition) is 2. The number of carbonyl (C=O) groups is 2. The van der Waals surface area contributed by atoms with Gasteiger partial charge in [-0.25, -0.2) is 13.6 Å². The summed E-state index contributed by atoms with van der Waals surface area (Å²) in [6, 6.07) is 12.4. The summed E-state index contributed by atoms with van der Waals surface area (Å²) in [5.41, 5.74) is 1.59. The van der Waals surface area contributed by atoms with E-state index < -0.39 is 17.5 Å². The maximum atomic E-state index is 14.5. The maximum absolute atomic E-state index is 14.5. The monoisotopic (exact) mass is 485 g/mol. The number of rotatable bonds is 5. The fraction of sp³-hybridized carbons (Fsp3) is 0.200. The van der Waals surface area contributed by atoms with Crippen LogP contribution in [0.5, 0.6) is 5.75 Å². The first kappa shape index (κ1) is 23.5. The molecule has 0 spiro atoms. The molecule has 9 heteroatoms. The third-order valence-corrected chi connectivity index (χ3v) is 6.40. The van der Waals surface area contributed by atoms with E-state index in [-0.39, 0.29) is 52.6 Å². The van der Waals surface area contributed by atoms with Crippen LogP contribution in [0.25, 0.3) is 0 Å². The van der Waals surface area contributed by atoms with E-state index in [1.165, 1.54) is 40.1 Å². The zero-order chi connectivity index (χ0) is 24.6. The largest absolute Gasteiger partial charge is 0.507 e. The van der Waals surface area contributed by atoms with Crippen molar-refractivity contribution >= 4 is 29.2 Å². The number of phenolic OH excluding ortho intramolecular Hbond substituents is 1. The maximum Gasteiger partial charge on any atom is 0.325 e. The third-order valence-electron chi connectivity index (χ3n) is 6.04. The molecule has 4 rings (SSSR count). The van der Waals surface area contributed by atoms with Crippen LogP contribution in [0.15, 0.2) is 54.6 Å². The van der Waals surface area contributed by atoms with Crippen molar-refractivity contribution in [2.75, 3.05) is 11.9 Å². The highest BCUT2D eigenvalue weighted by atomic mass is 35.5. The van der Waals surface area contributed by atoms with Gasteiger partial charge in [0.25, 0.3) is 5.91 Å². The number of amides is 3. The van der Waals surface area contributed by atoms with Gasteiger partial charge in [-0.15, -0.1) is 0 Å². The highest BCUT2D eigenvalue weighted by Crippen LogP contribution is 2.38. The first-order chi connectivity index (χ1) is 16.2. The van der Waals surface area contributed by atoms with Crippen molar-refractivity contribution in [2.45, 2.75) is 26.1 Å². The summed E-state index contributed by atoms with van der Waals surface area (Å²) >= 11 is 6.19. The summed E-state index contributed by atoms with van der Waals surface area (Å²) in [5, 5.41) is 12.6. The van der Waals surface area contributed by atoms with E-state index in [9.17, 15) is 23.5 Å². The van der Waals surface area contributed by atoms with Gasteiger partial charge in [-0.3, -0.25) is 9.69 Å². The summed E-state index contributed by atoms with van der Waals surface area (Å²) in [7, 11) is 1.65. The summed E-state index contributed by atoms with van der Waals surface area (Å²) in [5.74, 6) is -1.96. The lowest BCUT2D eigenvalue weighted by Gasteiger charge is -2.39. The molecule has 3 aromatic carbocycles. The number of phenols is 1. The second-order valence-electron chi connectivity index (χ2n) is 8.05. The van der Waals surface area contributed by atoms with E-state index in [0.717, 1.165) is 5.56 Å². The van der Waals surface area contributed by atoms with E-state index in [1.807, 2.05) is 6.92 Å². The molecule has 1 atom stereocenters. The number of anilines is 1. The Hall–Kier alpha value is -3.65. The van der Waals surface area contributed by atoms with Crippen LogP contribution in [0.1, 0.15) is 40.0 Å². The summed E-state index contributed by atoms with van der Waals surface area (Å²) in [4.78, 5) is 28.8. The fourth-order valence-electron chi connectivity index (χ4n) is 3.93. The van der Waals surface area contributed by atoms with E-state index in [0.29, 0.717) is 5.69 Å². The summed E-state index contributed by atoms with van der Waals surface area (Å²) < 4.78 is 28.4. The Morgan fingerprint density at radius 2 is 1.76 bits per heavy atom. The van der Waals surface area contributed by atoms with Crippen LogP contribution in [0.3, 0.4) is 0 Å². The van der Waals surface area contributed by atoms with Crippen LogP contribution >= 0.6 is 11.6 Å². The lowest BCUT2D eigenvalue weighted by atomic mass is 9.98. The third kappa shape index (κ3) is 4.28. The number of fused-ring (bicyclic) bond motifs is 1. The SMILES string of the molecule is CC1c2ccc(C(=O)NCc3c(O)cccc3F)cc2N(Cc2c(F)cccc2Cl)C(=O)N1C. The second kappa shape index (κ2) is 9.30. The van der Waals surface area contributed by atoms with Crippen molar-refractivity contribution in [1.82, 2.24) is 10.2 Å². The Balaban J connectivity index is 1.66. The average Bonchev–Trinajstić information content (AvgIpc) is 2.81. The number of halogens is 3. The Morgan fingerprint density at radius 3 is 2.44 bits per heavy atom. The number of hydrogen-bond acceptors (Lipinski definition) is 3. The normalized spacial score (nSPS) is 15.3. The van der Waals surface area contributed by atoms with E-state index in [1.54, 1.807) is 31.3 Å². The molecule has 1 aliphatic rings. The summed E-state index contributed by atoms with van der Waals surface area (Å²) in [6.45, 7) is 1.51. The van der Waals surface area contributed by atoms with E-state index in [2.05, 4.69) is 5.32 Å². The van der Waals surface area contributed by atoms with Crippen molar-refractivity contribution in [3.05, 3.63) is 93.5 Å². The number of urea groups is 1. The molecule has 0 aromatic heterocycles. The molecule has 0 bridgehead atoms. The molecule has 0 saturated carbocycles. The van der Waals surface area contributed by atoms with Gasteiger partial charge >= 0.3 is 6.03 Å². The minimum atomic E-state index is -0.638. The van der Waals surface area contributed by atoms with Gasteiger partial charge in [0, 0.05) is 35.3 Å². The molecule has 1 unspecified atom stereocenters. The highest BCUT2D eigenvalue weighted by Gasteiger charge is 2.34. The van der Waals surface area contributed by atoms with Crippen molar-refractivity contribution in [2.24, 2.45) is 0 Å². The van der Waals surface area contributed by atoms with Crippen LogP contribution in [-0.4, -0.2) is 29.0 Å². The zero-order valence-electron chi connectivity index (χ0n) is 18.5. The van der Waals surface area contributed by atoms with Gasteiger partial charge in [-0.2, -0.15) is 0 Å². The molecule has 0 fully saturated rings. The lowest BCUT2D eigenvalue weighted by Crippen LogP contribution is -2.46. The van der Waals surface area contributed by atoms with Gasteiger partial charge in [0.15, 0.2) is 0 Å². The van der Waals surface area contributed by atoms with Crippen molar-refractivity contribution in [3.63, 3.8) is 0 Å². The Labute approximate surface area is 200 Å². The Kier molecular flexibility index (Phi) is 6.43. The molecule has 6 nitrogen and oxygen atoms in total. The summed E-state index contributed by atoms with van der Waals surface area (Å²) in [6.07, 6.45) is 0.